The van der Waals surface area contributed by atoms with E-state index in [1.165, 1.54) is 37.7 Å². The molecule has 0 saturated heterocycles. The molecule has 0 aliphatic carbocycles. The Labute approximate surface area is 138 Å². The molecule has 0 spiro atoms. The zero-order chi connectivity index (χ0) is 16.8. The first-order valence-electron chi connectivity index (χ1n) is 9.48. The van der Waals surface area contributed by atoms with E-state index in [1.807, 2.05) is 6.92 Å². The summed E-state index contributed by atoms with van der Waals surface area (Å²) in [5, 5.41) is 0. The maximum atomic E-state index is 12.3. The van der Waals surface area contributed by atoms with Crippen molar-refractivity contribution >= 4 is 5.97 Å². The molecule has 0 amide bonds. The molecule has 130 valence electrons. The van der Waals surface area contributed by atoms with Gasteiger partial charge in [-0.05, 0) is 38.5 Å². The third-order valence-corrected chi connectivity index (χ3v) is 4.42. The van der Waals surface area contributed by atoms with E-state index < -0.39 is 0 Å². The summed E-state index contributed by atoms with van der Waals surface area (Å²) in [5.41, 5.74) is 1.32. The van der Waals surface area contributed by atoms with Crippen LogP contribution in [0.1, 0.15) is 92.4 Å². The van der Waals surface area contributed by atoms with Gasteiger partial charge in [0, 0.05) is 0 Å². The second-order valence-electron chi connectivity index (χ2n) is 6.31. The normalized spacial score (nSPS) is 14.7. The van der Waals surface area contributed by atoms with Crippen LogP contribution in [0.2, 0.25) is 0 Å². The number of rotatable bonds is 13. The minimum absolute atomic E-state index is 0.0260. The molecule has 0 bridgehead atoms. The van der Waals surface area contributed by atoms with Crippen LogP contribution in [0, 0.1) is 11.8 Å². The Balaban J connectivity index is 4.77. The molecule has 0 saturated carbocycles. The Morgan fingerprint density at radius 3 is 2.23 bits per heavy atom. The number of carbonyl (C=O) groups excluding carboxylic acids is 1. The van der Waals surface area contributed by atoms with Crippen molar-refractivity contribution in [3.63, 3.8) is 0 Å². The quantitative estimate of drug-likeness (QED) is 0.227. The largest absolute Gasteiger partial charge is 0.466 e. The third-order valence-electron chi connectivity index (χ3n) is 4.42. The van der Waals surface area contributed by atoms with Gasteiger partial charge in [0.25, 0.3) is 0 Å². The van der Waals surface area contributed by atoms with Crippen molar-refractivity contribution in [1.29, 1.82) is 0 Å². The third kappa shape index (κ3) is 8.60. The average Bonchev–Trinajstić information content (AvgIpc) is 2.52. The Bertz CT molecular complexity index is 307. The summed E-state index contributed by atoms with van der Waals surface area (Å²) in [6.07, 6.45) is 13.0. The highest BCUT2D eigenvalue weighted by Crippen LogP contribution is 2.29. The van der Waals surface area contributed by atoms with Gasteiger partial charge in [0.2, 0.25) is 0 Å². The first-order chi connectivity index (χ1) is 10.6. The lowest BCUT2D eigenvalue weighted by Gasteiger charge is -2.23. The number of hydrogen-bond donors (Lipinski definition) is 0. The number of ether oxygens (including phenoxy) is 1. The molecule has 0 aromatic rings. The van der Waals surface area contributed by atoms with Gasteiger partial charge < -0.3 is 4.74 Å². The molecule has 2 unspecified atom stereocenters. The summed E-state index contributed by atoms with van der Waals surface area (Å²) in [6, 6.07) is 0. The Morgan fingerprint density at radius 1 is 1.00 bits per heavy atom. The monoisotopic (exact) mass is 310 g/mol. The van der Waals surface area contributed by atoms with Gasteiger partial charge in [-0.1, -0.05) is 71.4 Å². The topological polar surface area (TPSA) is 26.3 Å². The number of carbonyl (C=O) groups is 1. The van der Waals surface area contributed by atoms with Crippen molar-refractivity contribution in [1.82, 2.24) is 0 Å². The predicted octanol–water partition coefficient (Wildman–Crippen LogP) is 6.30. The lowest BCUT2D eigenvalue weighted by atomic mass is 9.83. The van der Waals surface area contributed by atoms with Gasteiger partial charge in [0.15, 0.2) is 0 Å². The van der Waals surface area contributed by atoms with Crippen LogP contribution in [0.5, 0.6) is 0 Å². The van der Waals surface area contributed by atoms with Gasteiger partial charge in [-0.2, -0.15) is 0 Å². The maximum Gasteiger partial charge on any atom is 0.313 e. The molecule has 2 atom stereocenters. The second kappa shape index (κ2) is 13.8. The number of allylic oxidation sites excluding steroid dienone is 1. The standard InChI is InChI=1S/C20H38O2/c1-6-10-11-12-13-14-16-18(17(5)8-3)19(15-7-2)20(21)22-9-4/h16-17,19H,6-15H2,1-5H3/b18-16+. The SMILES string of the molecule is CCCCCCC/C=C(\C(C)CC)C(CCC)C(=O)OCC. The van der Waals surface area contributed by atoms with E-state index >= 15 is 0 Å². The summed E-state index contributed by atoms with van der Waals surface area (Å²) in [6.45, 7) is 11.2. The lowest BCUT2D eigenvalue weighted by Crippen LogP contribution is -2.23. The lowest BCUT2D eigenvalue weighted by molar-refractivity contribution is -0.147. The molecule has 0 N–H and O–H groups in total. The maximum absolute atomic E-state index is 12.3. The highest BCUT2D eigenvalue weighted by molar-refractivity contribution is 5.75. The van der Waals surface area contributed by atoms with Crippen LogP contribution >= 0.6 is 0 Å². The minimum atomic E-state index is -0.0319. The molecule has 0 rings (SSSR count). The van der Waals surface area contributed by atoms with Crippen molar-refractivity contribution in [3.8, 4) is 0 Å². The second-order valence-corrected chi connectivity index (χ2v) is 6.31. The highest BCUT2D eigenvalue weighted by Gasteiger charge is 2.25. The zero-order valence-corrected chi connectivity index (χ0v) is 15.6. The summed E-state index contributed by atoms with van der Waals surface area (Å²) in [5.74, 6) is 0.411. The Hall–Kier alpha value is -0.790. The average molecular weight is 311 g/mol. The van der Waals surface area contributed by atoms with E-state index in [-0.39, 0.29) is 11.9 Å². The van der Waals surface area contributed by atoms with Crippen LogP contribution in [-0.4, -0.2) is 12.6 Å². The predicted molar refractivity (Wildman–Crippen MR) is 95.9 cm³/mol. The smallest absolute Gasteiger partial charge is 0.313 e. The van der Waals surface area contributed by atoms with Crippen LogP contribution < -0.4 is 0 Å². The van der Waals surface area contributed by atoms with Crippen molar-refractivity contribution in [2.75, 3.05) is 6.61 Å². The van der Waals surface area contributed by atoms with Crippen molar-refractivity contribution in [3.05, 3.63) is 11.6 Å². The van der Waals surface area contributed by atoms with Crippen molar-refractivity contribution < 1.29 is 9.53 Å². The first kappa shape index (κ1) is 21.2. The van der Waals surface area contributed by atoms with Crippen LogP contribution in [0.25, 0.3) is 0 Å². The Kier molecular flexibility index (Phi) is 13.3. The van der Waals surface area contributed by atoms with Gasteiger partial charge in [0.1, 0.15) is 0 Å². The molecule has 0 radical (unpaired) electrons. The van der Waals surface area contributed by atoms with E-state index in [0.29, 0.717) is 12.5 Å². The fourth-order valence-electron chi connectivity index (χ4n) is 2.89. The molecule has 0 aromatic carbocycles. The summed E-state index contributed by atoms with van der Waals surface area (Å²) in [7, 11) is 0. The van der Waals surface area contributed by atoms with E-state index in [4.69, 9.17) is 4.74 Å². The van der Waals surface area contributed by atoms with Gasteiger partial charge in [-0.15, -0.1) is 0 Å². The molecule has 2 nitrogen and oxygen atoms in total. The number of esters is 1. The molecule has 22 heavy (non-hydrogen) atoms. The summed E-state index contributed by atoms with van der Waals surface area (Å²) >= 11 is 0. The molecule has 2 heteroatoms. The van der Waals surface area contributed by atoms with Gasteiger partial charge in [-0.3, -0.25) is 4.79 Å². The van der Waals surface area contributed by atoms with Crippen LogP contribution in [0.3, 0.4) is 0 Å². The Morgan fingerprint density at radius 2 is 1.68 bits per heavy atom. The van der Waals surface area contributed by atoms with E-state index in [0.717, 1.165) is 25.7 Å². The fourth-order valence-corrected chi connectivity index (χ4v) is 2.89. The molecular weight excluding hydrogens is 272 g/mol. The number of unbranched alkanes of at least 4 members (excludes halogenated alkanes) is 5. The van der Waals surface area contributed by atoms with E-state index in [9.17, 15) is 4.79 Å². The first-order valence-corrected chi connectivity index (χ1v) is 9.48. The van der Waals surface area contributed by atoms with Crippen molar-refractivity contribution in [2.45, 2.75) is 92.4 Å². The molecule has 0 aromatic heterocycles. The highest BCUT2D eigenvalue weighted by atomic mass is 16.5. The summed E-state index contributed by atoms with van der Waals surface area (Å²) < 4.78 is 5.31. The molecule has 0 aliphatic rings. The number of hydrogen-bond acceptors (Lipinski definition) is 2. The molecule has 0 heterocycles. The zero-order valence-electron chi connectivity index (χ0n) is 15.6. The molecular formula is C20H38O2. The van der Waals surface area contributed by atoms with Gasteiger partial charge in [-0.25, -0.2) is 0 Å². The molecule has 0 aliphatic heterocycles. The van der Waals surface area contributed by atoms with Crippen LogP contribution in [0.4, 0.5) is 0 Å². The minimum Gasteiger partial charge on any atom is -0.466 e. The van der Waals surface area contributed by atoms with Crippen LogP contribution in [0.15, 0.2) is 11.6 Å². The summed E-state index contributed by atoms with van der Waals surface area (Å²) in [4.78, 5) is 12.3. The van der Waals surface area contributed by atoms with E-state index in [1.54, 1.807) is 0 Å². The van der Waals surface area contributed by atoms with Crippen LogP contribution in [-0.2, 0) is 9.53 Å². The van der Waals surface area contributed by atoms with Gasteiger partial charge in [0.05, 0.1) is 12.5 Å². The fraction of sp³-hybridized carbons (Fsp3) is 0.850. The van der Waals surface area contributed by atoms with Crippen molar-refractivity contribution in [2.24, 2.45) is 11.8 Å². The van der Waals surface area contributed by atoms with Gasteiger partial charge >= 0.3 is 5.97 Å². The molecule has 0 fully saturated rings. The van der Waals surface area contributed by atoms with E-state index in [2.05, 4.69) is 33.8 Å².